The molecule has 1 amide bonds. The Morgan fingerprint density at radius 1 is 1.23 bits per heavy atom. The van der Waals surface area contributed by atoms with Crippen molar-refractivity contribution in [2.45, 2.75) is 18.6 Å². The second-order valence-electron chi connectivity index (χ2n) is 6.53. The quantitative estimate of drug-likeness (QED) is 0.215. The van der Waals surface area contributed by atoms with Crippen molar-refractivity contribution in [3.8, 4) is 17.1 Å². The van der Waals surface area contributed by atoms with E-state index in [1.165, 1.54) is 18.0 Å². The van der Waals surface area contributed by atoms with Crippen LogP contribution in [-0.2, 0) is 11.3 Å². The highest BCUT2D eigenvalue weighted by atomic mass is 79.9. The normalized spacial score (nSPS) is 11.0. The maximum absolute atomic E-state index is 12.1. The standard InChI is InChI=1S/C21H20BrN5O2S/c1-14(2)12-27-20(16-5-7-17(22)8-6-16)25-26-21(27)30-13-19(29)24-23-11-15-3-9-18(28)10-4-15/h3-11,28H,1,12-13H2,2H3,(H,24,29)/b23-11-. The molecule has 3 rings (SSSR count). The topological polar surface area (TPSA) is 92.4 Å². The summed E-state index contributed by atoms with van der Waals surface area (Å²) in [6.07, 6.45) is 1.51. The predicted molar refractivity (Wildman–Crippen MR) is 123 cm³/mol. The molecule has 0 unspecified atom stereocenters. The first-order valence-electron chi connectivity index (χ1n) is 8.99. The smallest absolute Gasteiger partial charge is 0.250 e. The fourth-order valence-electron chi connectivity index (χ4n) is 2.52. The fourth-order valence-corrected chi connectivity index (χ4v) is 3.52. The van der Waals surface area contributed by atoms with E-state index in [0.717, 1.165) is 27.0 Å². The van der Waals surface area contributed by atoms with Gasteiger partial charge in [-0.3, -0.25) is 9.36 Å². The van der Waals surface area contributed by atoms with E-state index in [-0.39, 0.29) is 17.4 Å². The number of halogens is 1. The highest BCUT2D eigenvalue weighted by molar-refractivity contribution is 9.10. The molecule has 0 atom stereocenters. The highest BCUT2D eigenvalue weighted by Crippen LogP contribution is 2.26. The lowest BCUT2D eigenvalue weighted by atomic mass is 10.2. The molecule has 0 saturated carbocycles. The minimum Gasteiger partial charge on any atom is -0.508 e. The number of hydrogen-bond acceptors (Lipinski definition) is 6. The predicted octanol–water partition coefficient (Wildman–Crippen LogP) is 4.23. The molecular formula is C21H20BrN5O2S. The van der Waals surface area contributed by atoms with Crippen LogP contribution in [0.15, 0.2) is 75.4 Å². The van der Waals surface area contributed by atoms with E-state index < -0.39 is 0 Å². The number of benzene rings is 2. The largest absolute Gasteiger partial charge is 0.508 e. The Bertz CT molecular complexity index is 1060. The monoisotopic (exact) mass is 485 g/mol. The average Bonchev–Trinajstić information content (AvgIpc) is 3.10. The van der Waals surface area contributed by atoms with Crippen molar-refractivity contribution in [3.05, 3.63) is 70.7 Å². The van der Waals surface area contributed by atoms with Gasteiger partial charge in [0.25, 0.3) is 5.91 Å². The first kappa shape index (κ1) is 21.8. The van der Waals surface area contributed by atoms with E-state index in [9.17, 15) is 9.90 Å². The average molecular weight is 486 g/mol. The number of amides is 1. The number of thioether (sulfide) groups is 1. The summed E-state index contributed by atoms with van der Waals surface area (Å²) in [6, 6.07) is 14.3. The summed E-state index contributed by atoms with van der Waals surface area (Å²) in [5.41, 5.74) is 5.14. The van der Waals surface area contributed by atoms with Gasteiger partial charge < -0.3 is 5.11 Å². The maximum atomic E-state index is 12.1. The molecule has 9 heteroatoms. The molecule has 0 aliphatic heterocycles. The lowest BCUT2D eigenvalue weighted by Gasteiger charge is -2.10. The van der Waals surface area contributed by atoms with Gasteiger partial charge in [-0.2, -0.15) is 5.10 Å². The molecule has 0 bridgehead atoms. The number of aromatic hydroxyl groups is 1. The van der Waals surface area contributed by atoms with Gasteiger partial charge in [-0.05, 0) is 48.9 Å². The lowest BCUT2D eigenvalue weighted by Crippen LogP contribution is -2.20. The summed E-state index contributed by atoms with van der Waals surface area (Å²) in [7, 11) is 0. The number of rotatable bonds is 8. The zero-order valence-electron chi connectivity index (χ0n) is 16.2. The summed E-state index contributed by atoms with van der Waals surface area (Å²) in [5.74, 6) is 0.777. The SMILES string of the molecule is C=C(C)Cn1c(SCC(=O)N/N=C\c2ccc(O)cc2)nnc1-c1ccc(Br)cc1. The fraction of sp³-hybridized carbons (Fsp3) is 0.143. The summed E-state index contributed by atoms with van der Waals surface area (Å²) in [6.45, 7) is 6.47. The van der Waals surface area contributed by atoms with Crippen LogP contribution >= 0.6 is 27.7 Å². The van der Waals surface area contributed by atoms with Crippen LogP contribution in [0.1, 0.15) is 12.5 Å². The van der Waals surface area contributed by atoms with Gasteiger partial charge >= 0.3 is 0 Å². The van der Waals surface area contributed by atoms with Crippen LogP contribution in [-0.4, -0.2) is 37.7 Å². The van der Waals surface area contributed by atoms with Gasteiger partial charge in [0.05, 0.1) is 12.0 Å². The van der Waals surface area contributed by atoms with Crippen LogP contribution in [0.5, 0.6) is 5.75 Å². The first-order chi connectivity index (χ1) is 14.4. The Morgan fingerprint density at radius 2 is 1.93 bits per heavy atom. The number of nitrogens with zero attached hydrogens (tertiary/aromatic N) is 4. The van der Waals surface area contributed by atoms with E-state index in [4.69, 9.17) is 0 Å². The van der Waals surface area contributed by atoms with Gasteiger partial charge in [-0.1, -0.05) is 52.0 Å². The van der Waals surface area contributed by atoms with Gasteiger partial charge in [-0.25, -0.2) is 5.43 Å². The maximum Gasteiger partial charge on any atom is 0.250 e. The van der Waals surface area contributed by atoms with Crippen LogP contribution in [0.25, 0.3) is 11.4 Å². The van der Waals surface area contributed by atoms with Crippen molar-refractivity contribution in [3.63, 3.8) is 0 Å². The van der Waals surface area contributed by atoms with Crippen LogP contribution in [0, 0.1) is 0 Å². The number of nitrogens with one attached hydrogen (secondary N) is 1. The molecule has 1 aromatic heterocycles. The molecule has 0 fully saturated rings. The molecule has 2 aromatic carbocycles. The summed E-state index contributed by atoms with van der Waals surface area (Å²) < 4.78 is 2.93. The molecule has 3 aromatic rings. The summed E-state index contributed by atoms with van der Waals surface area (Å²) in [5, 5.41) is 22.4. The third-order valence-corrected chi connectivity index (χ3v) is 5.37. The first-order valence-corrected chi connectivity index (χ1v) is 10.8. The Balaban J connectivity index is 1.65. The Hall–Kier alpha value is -2.91. The number of hydrazone groups is 1. The van der Waals surface area contributed by atoms with E-state index in [1.807, 2.05) is 35.8 Å². The number of allylic oxidation sites excluding steroid dienone is 1. The van der Waals surface area contributed by atoms with Crippen molar-refractivity contribution in [1.82, 2.24) is 20.2 Å². The molecule has 30 heavy (non-hydrogen) atoms. The van der Waals surface area contributed by atoms with E-state index >= 15 is 0 Å². The van der Waals surface area contributed by atoms with Crippen LogP contribution in [0.2, 0.25) is 0 Å². The van der Waals surface area contributed by atoms with Crippen molar-refractivity contribution >= 4 is 39.8 Å². The molecule has 0 saturated heterocycles. The third-order valence-electron chi connectivity index (χ3n) is 3.88. The van der Waals surface area contributed by atoms with Gasteiger partial charge in [-0.15, -0.1) is 10.2 Å². The second kappa shape index (κ2) is 10.2. The minimum atomic E-state index is -0.259. The van der Waals surface area contributed by atoms with Crippen LogP contribution in [0.3, 0.4) is 0 Å². The van der Waals surface area contributed by atoms with Crippen molar-refractivity contribution in [1.29, 1.82) is 0 Å². The van der Waals surface area contributed by atoms with Crippen molar-refractivity contribution in [2.75, 3.05) is 5.75 Å². The molecule has 0 spiro atoms. The third kappa shape index (κ3) is 6.04. The molecule has 0 aliphatic rings. The second-order valence-corrected chi connectivity index (χ2v) is 8.39. The summed E-state index contributed by atoms with van der Waals surface area (Å²) >= 11 is 4.72. The summed E-state index contributed by atoms with van der Waals surface area (Å²) in [4.78, 5) is 12.1. The molecule has 0 aliphatic carbocycles. The lowest BCUT2D eigenvalue weighted by molar-refractivity contribution is -0.118. The van der Waals surface area contributed by atoms with E-state index in [0.29, 0.717) is 11.7 Å². The zero-order chi connectivity index (χ0) is 21.5. The van der Waals surface area contributed by atoms with Gasteiger partial charge in [0, 0.05) is 16.6 Å². The molecule has 0 radical (unpaired) electrons. The van der Waals surface area contributed by atoms with Gasteiger partial charge in [0.15, 0.2) is 11.0 Å². The molecule has 154 valence electrons. The van der Waals surface area contributed by atoms with Crippen molar-refractivity contribution < 1.29 is 9.90 Å². The van der Waals surface area contributed by atoms with E-state index in [2.05, 4.69) is 43.2 Å². The number of carbonyl (C=O) groups excluding carboxylic acids is 1. The Kier molecular flexibility index (Phi) is 7.42. The Labute approximate surface area is 187 Å². The number of phenols is 1. The molecule has 7 nitrogen and oxygen atoms in total. The molecule has 1 heterocycles. The molecular weight excluding hydrogens is 466 g/mol. The van der Waals surface area contributed by atoms with E-state index in [1.54, 1.807) is 24.3 Å². The van der Waals surface area contributed by atoms with Gasteiger partial charge in [0.1, 0.15) is 5.75 Å². The number of aromatic nitrogens is 3. The number of phenolic OH excluding ortho intramolecular Hbond substituents is 1. The minimum absolute atomic E-state index is 0.140. The number of hydrogen-bond donors (Lipinski definition) is 2. The highest BCUT2D eigenvalue weighted by Gasteiger charge is 2.15. The van der Waals surface area contributed by atoms with Crippen LogP contribution in [0.4, 0.5) is 0 Å². The number of carbonyl (C=O) groups is 1. The van der Waals surface area contributed by atoms with Crippen LogP contribution < -0.4 is 5.43 Å². The zero-order valence-corrected chi connectivity index (χ0v) is 18.7. The van der Waals surface area contributed by atoms with Crippen molar-refractivity contribution in [2.24, 2.45) is 5.10 Å². The Morgan fingerprint density at radius 3 is 2.60 bits per heavy atom. The molecule has 2 N–H and O–H groups in total. The van der Waals surface area contributed by atoms with Gasteiger partial charge in [0.2, 0.25) is 0 Å².